The second-order valence-electron chi connectivity index (χ2n) is 5.57. The molecule has 0 atom stereocenters. The molecule has 1 saturated heterocycles. The van der Waals surface area contributed by atoms with Crippen LogP contribution in [0.1, 0.15) is 5.56 Å². The van der Waals surface area contributed by atoms with Gasteiger partial charge in [-0.05, 0) is 24.3 Å². The average Bonchev–Trinajstić information content (AvgIpc) is 2.69. The Bertz CT molecular complexity index is 736. The molecule has 0 spiro atoms. The molecule has 0 radical (unpaired) electrons. The lowest BCUT2D eigenvalue weighted by molar-refractivity contribution is 0.0676. The smallest absolute Gasteiger partial charge is 0.228 e. The monoisotopic (exact) mass is 338 g/mol. The van der Waals surface area contributed by atoms with Gasteiger partial charge >= 0.3 is 0 Å². The zero-order valence-corrected chi connectivity index (χ0v) is 14.3. The highest BCUT2D eigenvalue weighted by atomic mass is 16.5. The van der Waals surface area contributed by atoms with Crippen LogP contribution in [0.5, 0.6) is 5.75 Å². The first kappa shape index (κ1) is 17.0. The molecule has 130 valence electrons. The second-order valence-corrected chi connectivity index (χ2v) is 5.57. The van der Waals surface area contributed by atoms with E-state index in [0.717, 1.165) is 30.1 Å². The van der Waals surface area contributed by atoms with Crippen LogP contribution in [0.4, 0.5) is 5.69 Å². The lowest BCUT2D eigenvalue weighted by atomic mass is 10.2. The van der Waals surface area contributed by atoms with Crippen LogP contribution >= 0.6 is 0 Å². The van der Waals surface area contributed by atoms with E-state index in [2.05, 4.69) is 14.9 Å². The molecule has 2 aromatic rings. The maximum Gasteiger partial charge on any atom is 0.228 e. The first-order valence-corrected chi connectivity index (χ1v) is 8.21. The molecule has 2 N–H and O–H groups in total. The summed E-state index contributed by atoms with van der Waals surface area (Å²) < 4.78 is 10.6. The standard InChI is InChI=1S/C19H22N4O2/c1-24-17-9-7-16(8-10-17)21-19(23-11-13-25-14-12-23)22-18(20)15-5-3-2-4-6-15/h2-10H,11-14H2,1H3,(H2,20,21,22). The summed E-state index contributed by atoms with van der Waals surface area (Å²) in [5.74, 6) is 1.83. The van der Waals surface area contributed by atoms with E-state index in [0.29, 0.717) is 25.0 Å². The quantitative estimate of drug-likeness (QED) is 0.689. The van der Waals surface area contributed by atoms with E-state index in [1.165, 1.54) is 0 Å². The Morgan fingerprint density at radius 2 is 1.72 bits per heavy atom. The minimum Gasteiger partial charge on any atom is -0.497 e. The van der Waals surface area contributed by atoms with Crippen LogP contribution in [-0.2, 0) is 4.74 Å². The van der Waals surface area contributed by atoms with Crippen LogP contribution in [0.25, 0.3) is 0 Å². The van der Waals surface area contributed by atoms with Gasteiger partial charge in [-0.3, -0.25) is 0 Å². The van der Waals surface area contributed by atoms with E-state index in [9.17, 15) is 0 Å². The van der Waals surface area contributed by atoms with Crippen LogP contribution in [0, 0.1) is 0 Å². The van der Waals surface area contributed by atoms with E-state index in [1.807, 2.05) is 54.6 Å². The molecule has 25 heavy (non-hydrogen) atoms. The number of methoxy groups -OCH3 is 1. The second kappa shape index (κ2) is 8.30. The lowest BCUT2D eigenvalue weighted by Crippen LogP contribution is -2.40. The summed E-state index contributed by atoms with van der Waals surface area (Å²) in [6.45, 7) is 2.78. The number of guanidine groups is 1. The number of amidine groups is 1. The minimum atomic E-state index is 0.444. The van der Waals surface area contributed by atoms with Crippen molar-refractivity contribution in [3.8, 4) is 5.75 Å². The normalized spacial score (nSPS) is 16.0. The molecule has 6 heteroatoms. The predicted octanol–water partition coefficient (Wildman–Crippen LogP) is 2.42. The van der Waals surface area contributed by atoms with Gasteiger partial charge in [-0.2, -0.15) is 4.99 Å². The number of nitrogens with two attached hydrogens (primary N) is 1. The fourth-order valence-electron chi connectivity index (χ4n) is 2.48. The lowest BCUT2D eigenvalue weighted by Gasteiger charge is -2.27. The largest absolute Gasteiger partial charge is 0.497 e. The third-order valence-corrected chi connectivity index (χ3v) is 3.89. The molecule has 0 saturated carbocycles. The van der Waals surface area contributed by atoms with E-state index >= 15 is 0 Å². The summed E-state index contributed by atoms with van der Waals surface area (Å²) >= 11 is 0. The first-order chi connectivity index (χ1) is 12.3. The van der Waals surface area contributed by atoms with Gasteiger partial charge in [0.1, 0.15) is 11.6 Å². The first-order valence-electron chi connectivity index (χ1n) is 8.21. The van der Waals surface area contributed by atoms with Gasteiger partial charge in [-0.25, -0.2) is 4.99 Å². The Morgan fingerprint density at radius 3 is 2.36 bits per heavy atom. The molecular weight excluding hydrogens is 316 g/mol. The van der Waals surface area contributed by atoms with Crippen molar-refractivity contribution in [1.82, 2.24) is 4.90 Å². The highest BCUT2D eigenvalue weighted by Gasteiger charge is 2.16. The van der Waals surface area contributed by atoms with Crippen LogP contribution < -0.4 is 10.5 Å². The number of hydrogen-bond acceptors (Lipinski definition) is 3. The van der Waals surface area contributed by atoms with Crippen LogP contribution in [0.2, 0.25) is 0 Å². The Morgan fingerprint density at radius 1 is 1.04 bits per heavy atom. The van der Waals surface area contributed by atoms with Crippen molar-refractivity contribution in [3.63, 3.8) is 0 Å². The van der Waals surface area contributed by atoms with E-state index < -0.39 is 0 Å². The van der Waals surface area contributed by atoms with Gasteiger partial charge < -0.3 is 20.1 Å². The third kappa shape index (κ3) is 4.58. The van der Waals surface area contributed by atoms with Crippen molar-refractivity contribution in [2.75, 3.05) is 33.4 Å². The van der Waals surface area contributed by atoms with Gasteiger partial charge in [0.2, 0.25) is 5.96 Å². The highest BCUT2D eigenvalue weighted by Crippen LogP contribution is 2.19. The van der Waals surface area contributed by atoms with E-state index in [4.69, 9.17) is 15.2 Å². The maximum absolute atomic E-state index is 6.19. The van der Waals surface area contributed by atoms with Gasteiger partial charge in [0.15, 0.2) is 0 Å². The molecule has 1 fully saturated rings. The SMILES string of the molecule is COc1ccc(N=C(N=C(N)c2ccccc2)N2CCOCC2)cc1. The zero-order chi connectivity index (χ0) is 17.5. The Labute approximate surface area is 147 Å². The van der Waals surface area contributed by atoms with Gasteiger partial charge in [0.05, 0.1) is 26.0 Å². The number of hydrogen-bond donors (Lipinski definition) is 1. The van der Waals surface area contributed by atoms with Crippen LogP contribution in [0.3, 0.4) is 0 Å². The third-order valence-electron chi connectivity index (χ3n) is 3.89. The maximum atomic E-state index is 6.19. The minimum absolute atomic E-state index is 0.444. The number of nitrogens with zero attached hydrogens (tertiary/aromatic N) is 3. The fraction of sp³-hybridized carbons (Fsp3) is 0.263. The van der Waals surface area contributed by atoms with E-state index in [-0.39, 0.29) is 0 Å². The number of benzene rings is 2. The van der Waals surface area contributed by atoms with Crippen LogP contribution in [0.15, 0.2) is 64.6 Å². The Balaban J connectivity index is 1.92. The molecular formula is C19H22N4O2. The average molecular weight is 338 g/mol. The molecule has 0 amide bonds. The topological polar surface area (TPSA) is 72.4 Å². The molecule has 6 nitrogen and oxygen atoms in total. The Hall–Kier alpha value is -2.86. The van der Waals surface area contributed by atoms with Gasteiger partial charge in [0.25, 0.3) is 0 Å². The number of aliphatic imine (C=N–C) groups is 2. The van der Waals surface area contributed by atoms with Gasteiger partial charge in [-0.1, -0.05) is 30.3 Å². The van der Waals surface area contributed by atoms with Crippen molar-refractivity contribution < 1.29 is 9.47 Å². The summed E-state index contributed by atoms with van der Waals surface area (Å²) in [6, 6.07) is 17.2. The molecule has 1 aliphatic heterocycles. The molecule has 0 aromatic heterocycles. The molecule has 3 rings (SSSR count). The predicted molar refractivity (Wildman–Crippen MR) is 99.6 cm³/mol. The van der Waals surface area contributed by atoms with Crippen molar-refractivity contribution in [1.29, 1.82) is 0 Å². The molecule has 1 aliphatic rings. The van der Waals surface area contributed by atoms with Crippen molar-refractivity contribution in [3.05, 3.63) is 60.2 Å². The summed E-state index contributed by atoms with van der Waals surface area (Å²) in [5.41, 5.74) is 7.86. The van der Waals surface area contributed by atoms with E-state index in [1.54, 1.807) is 7.11 Å². The number of rotatable bonds is 3. The zero-order valence-electron chi connectivity index (χ0n) is 14.3. The summed E-state index contributed by atoms with van der Waals surface area (Å²) in [7, 11) is 1.64. The molecule has 2 aromatic carbocycles. The molecule has 0 aliphatic carbocycles. The van der Waals surface area contributed by atoms with Crippen molar-refractivity contribution >= 4 is 17.5 Å². The molecule has 0 unspecified atom stereocenters. The fourth-order valence-corrected chi connectivity index (χ4v) is 2.48. The Kier molecular flexibility index (Phi) is 5.64. The summed E-state index contributed by atoms with van der Waals surface area (Å²) in [6.07, 6.45) is 0. The molecule has 1 heterocycles. The number of ether oxygens (including phenoxy) is 2. The molecule has 0 bridgehead atoms. The highest BCUT2D eigenvalue weighted by molar-refractivity contribution is 6.05. The van der Waals surface area contributed by atoms with Crippen molar-refractivity contribution in [2.45, 2.75) is 0 Å². The summed E-state index contributed by atoms with van der Waals surface area (Å²) in [4.78, 5) is 11.4. The van der Waals surface area contributed by atoms with Crippen molar-refractivity contribution in [2.24, 2.45) is 15.7 Å². The van der Waals surface area contributed by atoms with Gasteiger partial charge in [0, 0.05) is 18.7 Å². The van der Waals surface area contributed by atoms with Gasteiger partial charge in [-0.15, -0.1) is 0 Å². The van der Waals surface area contributed by atoms with Crippen LogP contribution in [-0.4, -0.2) is 50.1 Å². The summed E-state index contributed by atoms with van der Waals surface area (Å²) in [5, 5.41) is 0. The number of morpholine rings is 1.